The van der Waals surface area contributed by atoms with Crippen molar-refractivity contribution in [3.05, 3.63) is 53.4 Å². The highest BCUT2D eigenvalue weighted by Crippen LogP contribution is 2.30. The van der Waals surface area contributed by atoms with Crippen molar-refractivity contribution < 1.29 is 37.0 Å². The van der Waals surface area contributed by atoms with Crippen LogP contribution in [0.15, 0.2) is 47.6 Å². The van der Waals surface area contributed by atoms with Crippen LogP contribution in [-0.2, 0) is 19.6 Å². The molecule has 13 heteroatoms. The number of carbonyl (C=O) groups excluding carboxylic acids is 3. The zero-order valence-corrected chi connectivity index (χ0v) is 23.3. The van der Waals surface area contributed by atoms with Gasteiger partial charge in [0.15, 0.2) is 23.5 Å². The van der Waals surface area contributed by atoms with Gasteiger partial charge in [-0.15, -0.1) is 0 Å². The van der Waals surface area contributed by atoms with Gasteiger partial charge >= 0.3 is 15.0 Å². The lowest BCUT2D eigenvalue weighted by Gasteiger charge is -2.23. The molecule has 1 saturated heterocycles. The number of ketones is 1. The molecule has 1 unspecified atom stereocenters. The number of hydrogen-bond acceptors (Lipinski definition) is 8. The first-order valence-electron chi connectivity index (χ1n) is 13.3. The normalized spacial score (nSPS) is 18.9. The maximum absolute atomic E-state index is 13.3. The average Bonchev–Trinajstić information content (AvgIpc) is 3.26. The highest BCUT2D eigenvalue weighted by Gasteiger charge is 2.37. The summed E-state index contributed by atoms with van der Waals surface area (Å²) in [6.45, 7) is 4.33. The molecule has 0 saturated carbocycles. The second-order valence-electron chi connectivity index (χ2n) is 10.2. The molecule has 0 spiro atoms. The molecule has 12 nitrogen and oxygen atoms in total. The maximum Gasteiger partial charge on any atom is 0.323 e. The molecular weight excluding hydrogens is 540 g/mol. The minimum Gasteiger partial charge on any atom is -0.618 e. The third-order valence-electron chi connectivity index (χ3n) is 6.67. The summed E-state index contributed by atoms with van der Waals surface area (Å²) in [5, 5.41) is 17.1. The second kappa shape index (κ2) is 12.6. The largest absolute Gasteiger partial charge is 0.618 e. The number of nitrogens with zero attached hydrogens (tertiary/aromatic N) is 2. The van der Waals surface area contributed by atoms with E-state index in [0.29, 0.717) is 43.1 Å². The SMILES string of the molecule is CC(C)CC(NC(=O)c1ccc2c(c1)OCCCO2)C(=O)N[C@@H]1CCCN(S(=O)(=O)c2cccc[n+]2[O-])CC1=O. The molecule has 2 N–H and O–H groups in total. The zero-order valence-electron chi connectivity index (χ0n) is 22.5. The van der Waals surface area contributed by atoms with E-state index in [9.17, 15) is 28.0 Å². The smallest absolute Gasteiger partial charge is 0.323 e. The van der Waals surface area contributed by atoms with Gasteiger partial charge in [-0.25, -0.2) is 8.42 Å². The summed E-state index contributed by atoms with van der Waals surface area (Å²) in [5.74, 6) is -0.459. The summed E-state index contributed by atoms with van der Waals surface area (Å²) in [4.78, 5) is 39.4. The van der Waals surface area contributed by atoms with Crippen molar-refractivity contribution in [1.82, 2.24) is 14.9 Å². The van der Waals surface area contributed by atoms with Crippen molar-refractivity contribution in [3.8, 4) is 11.5 Å². The Labute approximate surface area is 233 Å². The number of ether oxygens (including phenoxy) is 2. The molecule has 1 aromatic heterocycles. The van der Waals surface area contributed by atoms with E-state index >= 15 is 0 Å². The Balaban J connectivity index is 1.44. The number of benzene rings is 1. The van der Waals surface area contributed by atoms with Crippen molar-refractivity contribution in [1.29, 1.82) is 0 Å². The van der Waals surface area contributed by atoms with E-state index in [1.165, 1.54) is 18.2 Å². The monoisotopic (exact) mass is 574 g/mol. The molecular formula is C27H34N4O8S. The molecule has 216 valence electrons. The molecule has 3 heterocycles. The Hall–Kier alpha value is -3.71. The predicted molar refractivity (Wildman–Crippen MR) is 143 cm³/mol. The first-order valence-corrected chi connectivity index (χ1v) is 14.7. The number of fused-ring (bicyclic) bond motifs is 1. The van der Waals surface area contributed by atoms with E-state index in [1.807, 2.05) is 13.8 Å². The molecule has 2 amide bonds. The van der Waals surface area contributed by atoms with Crippen molar-refractivity contribution >= 4 is 27.6 Å². The van der Waals surface area contributed by atoms with Crippen LogP contribution in [0.3, 0.4) is 0 Å². The van der Waals surface area contributed by atoms with Crippen molar-refractivity contribution in [2.75, 3.05) is 26.3 Å². The van der Waals surface area contributed by atoms with Crippen LogP contribution in [-0.4, -0.2) is 68.7 Å². The topological polar surface area (TPSA) is 158 Å². The quantitative estimate of drug-likeness (QED) is 0.351. The minimum atomic E-state index is -4.21. The van der Waals surface area contributed by atoms with Crippen LogP contribution in [0.5, 0.6) is 11.5 Å². The molecule has 0 radical (unpaired) electrons. The first-order chi connectivity index (χ1) is 19.1. The third-order valence-corrected chi connectivity index (χ3v) is 8.51. The highest BCUT2D eigenvalue weighted by atomic mass is 32.2. The lowest BCUT2D eigenvalue weighted by molar-refractivity contribution is -0.646. The Kier molecular flexibility index (Phi) is 9.25. The van der Waals surface area contributed by atoms with E-state index < -0.39 is 51.3 Å². The number of rotatable bonds is 8. The highest BCUT2D eigenvalue weighted by molar-refractivity contribution is 7.89. The van der Waals surface area contributed by atoms with Gasteiger partial charge in [0.25, 0.3) is 5.91 Å². The Bertz CT molecular complexity index is 1360. The van der Waals surface area contributed by atoms with Gasteiger partial charge in [0.2, 0.25) is 5.91 Å². The second-order valence-corrected chi connectivity index (χ2v) is 12.1. The fourth-order valence-electron chi connectivity index (χ4n) is 4.62. The average molecular weight is 575 g/mol. The lowest BCUT2D eigenvalue weighted by atomic mass is 10.0. The molecule has 2 atom stereocenters. The zero-order chi connectivity index (χ0) is 28.9. The third kappa shape index (κ3) is 6.89. The molecule has 0 bridgehead atoms. The Morgan fingerprint density at radius 2 is 1.88 bits per heavy atom. The molecule has 1 fully saturated rings. The van der Waals surface area contributed by atoms with E-state index in [0.717, 1.165) is 16.9 Å². The number of nitrogens with one attached hydrogen (secondary N) is 2. The summed E-state index contributed by atoms with van der Waals surface area (Å²) in [7, 11) is -4.21. The number of hydrogen-bond donors (Lipinski definition) is 2. The van der Waals surface area contributed by atoms with Gasteiger partial charge in [-0.1, -0.05) is 13.8 Å². The summed E-state index contributed by atoms with van der Waals surface area (Å²) < 4.78 is 38.5. The van der Waals surface area contributed by atoms with Crippen LogP contribution in [0, 0.1) is 11.1 Å². The fraction of sp³-hybridized carbons (Fsp3) is 0.481. The number of Topliss-reactive ketones (excluding diaryl/α,β-unsaturated/α-hetero) is 1. The molecule has 1 aromatic carbocycles. The summed E-state index contributed by atoms with van der Waals surface area (Å²) in [6.07, 6.45) is 2.63. The minimum absolute atomic E-state index is 0.0195. The van der Waals surface area contributed by atoms with Gasteiger partial charge in [0.05, 0.1) is 25.8 Å². The number of sulfonamides is 1. The lowest BCUT2D eigenvalue weighted by Crippen LogP contribution is -2.52. The molecule has 0 aliphatic carbocycles. The van der Waals surface area contributed by atoms with Crippen LogP contribution in [0.4, 0.5) is 0 Å². The van der Waals surface area contributed by atoms with E-state index in [4.69, 9.17) is 9.47 Å². The van der Waals surface area contributed by atoms with E-state index in [2.05, 4.69) is 10.6 Å². The molecule has 2 aliphatic rings. The van der Waals surface area contributed by atoms with Gasteiger partial charge < -0.3 is 25.3 Å². The van der Waals surface area contributed by atoms with Gasteiger partial charge in [0, 0.05) is 30.7 Å². The number of amides is 2. The van der Waals surface area contributed by atoms with Crippen molar-refractivity contribution in [2.24, 2.45) is 5.92 Å². The number of pyridine rings is 1. The number of aromatic nitrogens is 1. The standard InChI is InChI=1S/C27H34N4O8S/c1-18(2)15-21(29-26(33)19-9-10-23-24(16-19)39-14-6-13-38-23)27(34)28-20-7-5-11-30(17-22(20)32)40(36,37)25-8-3-4-12-31(25)35/h3-4,8-10,12,16,18,20-21H,5-7,11,13-15,17H2,1-2H3,(H,28,34)(H,29,33)/t20-,21?/m1/s1. The van der Waals surface area contributed by atoms with Crippen LogP contribution in [0.2, 0.25) is 0 Å². The maximum atomic E-state index is 13.3. The Morgan fingerprint density at radius 1 is 1.12 bits per heavy atom. The first kappa shape index (κ1) is 29.3. The van der Waals surface area contributed by atoms with Gasteiger partial charge in [-0.05, 0) is 49.4 Å². The van der Waals surface area contributed by atoms with Gasteiger partial charge in [-0.3, -0.25) is 14.4 Å². The fourth-order valence-corrected chi connectivity index (χ4v) is 6.09. The summed E-state index contributed by atoms with van der Waals surface area (Å²) in [5.41, 5.74) is 0.300. The Morgan fingerprint density at radius 3 is 2.60 bits per heavy atom. The predicted octanol–water partition coefficient (Wildman–Crippen LogP) is 1.16. The van der Waals surface area contributed by atoms with Gasteiger partial charge in [0.1, 0.15) is 6.04 Å². The molecule has 4 rings (SSSR count). The van der Waals surface area contributed by atoms with Crippen LogP contribution < -0.4 is 24.8 Å². The van der Waals surface area contributed by atoms with Crippen molar-refractivity contribution in [2.45, 2.75) is 56.6 Å². The van der Waals surface area contributed by atoms with E-state index in [-0.39, 0.29) is 23.6 Å². The van der Waals surface area contributed by atoms with Crippen LogP contribution in [0.1, 0.15) is 49.9 Å². The molecule has 2 aliphatic heterocycles. The van der Waals surface area contributed by atoms with Crippen LogP contribution in [0.25, 0.3) is 0 Å². The van der Waals surface area contributed by atoms with Crippen molar-refractivity contribution in [3.63, 3.8) is 0 Å². The molecule has 40 heavy (non-hydrogen) atoms. The van der Waals surface area contributed by atoms with Crippen LogP contribution >= 0.6 is 0 Å². The molecule has 2 aromatic rings. The summed E-state index contributed by atoms with van der Waals surface area (Å²) >= 11 is 0. The van der Waals surface area contributed by atoms with Gasteiger partial charge in [-0.2, -0.15) is 9.04 Å². The number of carbonyl (C=O) groups is 3. The summed E-state index contributed by atoms with van der Waals surface area (Å²) in [6, 6.07) is 6.97. The van der Waals surface area contributed by atoms with E-state index in [1.54, 1.807) is 18.2 Å².